The van der Waals surface area contributed by atoms with Crippen LogP contribution in [0.1, 0.15) is 36.6 Å². The number of halogens is 1. The number of carbonyl (C=O) groups is 3. The Morgan fingerprint density at radius 2 is 1.61 bits per heavy atom. The largest absolute Gasteiger partial charge is 0.493 e. The second-order valence-corrected chi connectivity index (χ2v) is 9.52. The summed E-state index contributed by atoms with van der Waals surface area (Å²) < 4.78 is 22.3. The molecule has 1 aliphatic rings. The van der Waals surface area contributed by atoms with Crippen LogP contribution in [0.5, 0.6) is 23.0 Å². The number of esters is 1. The van der Waals surface area contributed by atoms with Crippen molar-refractivity contribution in [2.24, 2.45) is 5.10 Å². The maximum absolute atomic E-state index is 12.6. The molecule has 0 spiro atoms. The molecule has 0 aliphatic carbocycles. The summed E-state index contributed by atoms with van der Waals surface area (Å²) in [7, 11) is 1.44. The van der Waals surface area contributed by atoms with Crippen LogP contribution in [-0.4, -0.2) is 37.9 Å². The lowest BCUT2D eigenvalue weighted by Gasteiger charge is -2.10. The Hall–Kier alpha value is -5.16. The van der Waals surface area contributed by atoms with Gasteiger partial charge in [0, 0.05) is 21.3 Å². The molecule has 0 radical (unpaired) electrons. The first kappa shape index (κ1) is 27.4. The molecule has 5 rings (SSSR count). The van der Waals surface area contributed by atoms with Crippen molar-refractivity contribution in [2.75, 3.05) is 19.2 Å². The number of ether oxygens (including phenoxy) is 4. The first-order valence-electron chi connectivity index (χ1n) is 12.2. The molecule has 206 valence electrons. The van der Waals surface area contributed by atoms with Gasteiger partial charge in [0.1, 0.15) is 0 Å². The molecular weight excluding hydrogens is 594 g/mol. The summed E-state index contributed by atoms with van der Waals surface area (Å²) in [6.07, 6.45) is 1.42. The first-order chi connectivity index (χ1) is 19.9. The van der Waals surface area contributed by atoms with Crippen molar-refractivity contribution in [1.82, 2.24) is 5.43 Å². The van der Waals surface area contributed by atoms with E-state index in [2.05, 4.69) is 31.8 Å². The van der Waals surface area contributed by atoms with E-state index in [1.807, 2.05) is 0 Å². The highest BCUT2D eigenvalue weighted by molar-refractivity contribution is 9.10. The molecule has 2 N–H and O–H groups in total. The van der Waals surface area contributed by atoms with Gasteiger partial charge in [-0.2, -0.15) is 5.10 Å². The predicted molar refractivity (Wildman–Crippen MR) is 154 cm³/mol. The van der Waals surface area contributed by atoms with Crippen molar-refractivity contribution in [3.05, 3.63) is 112 Å². The van der Waals surface area contributed by atoms with Gasteiger partial charge in [0.2, 0.25) is 6.79 Å². The third-order valence-electron chi connectivity index (χ3n) is 5.87. The number of methoxy groups -OCH3 is 1. The molecule has 41 heavy (non-hydrogen) atoms. The first-order valence-corrected chi connectivity index (χ1v) is 13.0. The summed E-state index contributed by atoms with van der Waals surface area (Å²) in [5, 5.41) is 6.78. The van der Waals surface area contributed by atoms with Crippen LogP contribution in [0.25, 0.3) is 0 Å². The Balaban J connectivity index is 1.19. The lowest BCUT2D eigenvalue weighted by atomic mass is 10.1. The van der Waals surface area contributed by atoms with Crippen LogP contribution in [0.2, 0.25) is 0 Å². The van der Waals surface area contributed by atoms with Crippen LogP contribution in [0.4, 0.5) is 5.69 Å². The van der Waals surface area contributed by atoms with Crippen molar-refractivity contribution in [1.29, 1.82) is 0 Å². The lowest BCUT2D eigenvalue weighted by Crippen LogP contribution is -2.18. The third-order valence-corrected chi connectivity index (χ3v) is 6.40. The average Bonchev–Trinajstić information content (AvgIpc) is 3.46. The summed E-state index contributed by atoms with van der Waals surface area (Å²) in [5.74, 6) is 0.171. The number of hydrogen-bond donors (Lipinski definition) is 2. The third kappa shape index (κ3) is 6.71. The Kier molecular flexibility index (Phi) is 8.26. The Bertz CT molecular complexity index is 1650. The Labute approximate surface area is 243 Å². The number of benzene rings is 4. The van der Waals surface area contributed by atoms with E-state index in [0.29, 0.717) is 45.2 Å². The van der Waals surface area contributed by atoms with E-state index < -0.39 is 11.9 Å². The lowest BCUT2D eigenvalue weighted by molar-refractivity contribution is 0.0728. The molecule has 2 amide bonds. The van der Waals surface area contributed by atoms with Gasteiger partial charge in [-0.15, -0.1) is 0 Å². The SMILES string of the molecule is COc1cc(C=NNC(=O)c2cccc(NC(=O)c3ccc(Br)cc3)c2)ccc1OC(=O)c1ccc2c(c1)OCO2. The Morgan fingerprint density at radius 1 is 0.829 bits per heavy atom. The highest BCUT2D eigenvalue weighted by atomic mass is 79.9. The molecular formula is C30H22BrN3O7. The van der Waals surface area contributed by atoms with Gasteiger partial charge in [-0.25, -0.2) is 10.2 Å². The van der Waals surface area contributed by atoms with Crippen LogP contribution < -0.4 is 29.7 Å². The molecule has 0 unspecified atom stereocenters. The molecule has 0 fully saturated rings. The van der Waals surface area contributed by atoms with Crippen molar-refractivity contribution < 1.29 is 33.3 Å². The fourth-order valence-corrected chi connectivity index (χ4v) is 4.07. The Morgan fingerprint density at radius 3 is 2.41 bits per heavy atom. The van der Waals surface area contributed by atoms with Crippen molar-refractivity contribution in [2.45, 2.75) is 0 Å². The number of nitrogens with zero attached hydrogens (tertiary/aromatic N) is 1. The molecule has 4 aromatic carbocycles. The van der Waals surface area contributed by atoms with Gasteiger partial charge in [-0.1, -0.05) is 22.0 Å². The predicted octanol–water partition coefficient (Wildman–Crippen LogP) is 5.42. The molecule has 1 aliphatic heterocycles. The van der Waals surface area contributed by atoms with Crippen LogP contribution in [0.15, 0.2) is 94.5 Å². The van der Waals surface area contributed by atoms with E-state index in [0.717, 1.165) is 4.47 Å². The van der Waals surface area contributed by atoms with Gasteiger partial charge in [0.15, 0.2) is 23.0 Å². The van der Waals surface area contributed by atoms with Crippen LogP contribution in [0, 0.1) is 0 Å². The normalized spacial score (nSPS) is 11.7. The number of rotatable bonds is 8. The van der Waals surface area contributed by atoms with Crippen molar-refractivity contribution in [3.8, 4) is 23.0 Å². The maximum atomic E-state index is 12.6. The van der Waals surface area contributed by atoms with Crippen molar-refractivity contribution in [3.63, 3.8) is 0 Å². The second kappa shape index (κ2) is 12.3. The highest BCUT2D eigenvalue weighted by Crippen LogP contribution is 2.34. The van der Waals surface area contributed by atoms with Crippen LogP contribution >= 0.6 is 15.9 Å². The van der Waals surface area contributed by atoms with E-state index in [9.17, 15) is 14.4 Å². The fourth-order valence-electron chi connectivity index (χ4n) is 3.80. The number of carbonyl (C=O) groups excluding carboxylic acids is 3. The van der Waals surface area contributed by atoms with Gasteiger partial charge < -0.3 is 24.3 Å². The molecule has 11 heteroatoms. The van der Waals surface area contributed by atoms with E-state index in [1.54, 1.807) is 84.9 Å². The molecule has 1 heterocycles. The minimum Gasteiger partial charge on any atom is -0.493 e. The summed E-state index contributed by atoms with van der Waals surface area (Å²) in [4.78, 5) is 37.8. The molecule has 10 nitrogen and oxygen atoms in total. The van der Waals surface area contributed by atoms with Gasteiger partial charge in [-0.05, 0) is 84.4 Å². The smallest absolute Gasteiger partial charge is 0.343 e. The van der Waals surface area contributed by atoms with Crippen molar-refractivity contribution >= 4 is 45.6 Å². The van der Waals surface area contributed by atoms with Gasteiger partial charge in [0.05, 0.1) is 18.9 Å². The topological polar surface area (TPSA) is 125 Å². The number of hydrogen-bond acceptors (Lipinski definition) is 8. The average molecular weight is 616 g/mol. The molecule has 0 atom stereocenters. The zero-order chi connectivity index (χ0) is 28.8. The zero-order valence-electron chi connectivity index (χ0n) is 21.6. The van der Waals surface area contributed by atoms with Gasteiger partial charge >= 0.3 is 5.97 Å². The fraction of sp³-hybridized carbons (Fsp3) is 0.0667. The van der Waals surface area contributed by atoms with E-state index >= 15 is 0 Å². The van der Waals surface area contributed by atoms with E-state index in [-0.39, 0.29) is 18.4 Å². The van der Waals surface area contributed by atoms with Crippen LogP contribution in [0.3, 0.4) is 0 Å². The number of hydrazone groups is 1. The summed E-state index contributed by atoms with van der Waals surface area (Å²) in [5.41, 5.74) is 4.58. The van der Waals surface area contributed by atoms with Crippen LogP contribution in [-0.2, 0) is 0 Å². The minimum absolute atomic E-state index is 0.100. The quantitative estimate of drug-likeness (QED) is 0.117. The number of nitrogens with one attached hydrogen (secondary N) is 2. The number of amides is 2. The summed E-state index contributed by atoms with van der Waals surface area (Å²) >= 11 is 3.34. The maximum Gasteiger partial charge on any atom is 0.343 e. The number of fused-ring (bicyclic) bond motifs is 1. The minimum atomic E-state index is -0.592. The molecule has 0 aromatic heterocycles. The standard InChI is InChI=1S/C30H22BrN3O7/c1-38-26-13-18(5-11-25(26)41-30(37)21-8-12-24-27(15-21)40-17-39-24)16-32-34-29(36)20-3-2-4-23(14-20)33-28(35)19-6-9-22(31)10-7-19/h2-16H,17H2,1H3,(H,33,35)(H,34,36). The highest BCUT2D eigenvalue weighted by Gasteiger charge is 2.19. The molecule has 0 saturated heterocycles. The van der Waals surface area contributed by atoms with Gasteiger partial charge in [0.25, 0.3) is 11.8 Å². The zero-order valence-corrected chi connectivity index (χ0v) is 23.1. The monoisotopic (exact) mass is 615 g/mol. The summed E-state index contributed by atoms with van der Waals surface area (Å²) in [6.45, 7) is 0.100. The molecule has 0 bridgehead atoms. The van der Waals surface area contributed by atoms with E-state index in [1.165, 1.54) is 13.3 Å². The van der Waals surface area contributed by atoms with Gasteiger partial charge in [-0.3, -0.25) is 9.59 Å². The summed E-state index contributed by atoms with van der Waals surface area (Å²) in [6, 6.07) is 23.0. The molecule has 4 aromatic rings. The van der Waals surface area contributed by atoms with E-state index in [4.69, 9.17) is 18.9 Å². The molecule has 0 saturated carbocycles. The number of anilines is 1. The second-order valence-electron chi connectivity index (χ2n) is 8.61.